The Labute approximate surface area is 94.6 Å². The van der Waals surface area contributed by atoms with E-state index in [1.807, 2.05) is 0 Å². The van der Waals surface area contributed by atoms with E-state index >= 15 is 0 Å². The Morgan fingerprint density at radius 3 is 2.06 bits per heavy atom. The molecule has 0 radical (unpaired) electrons. The maximum Gasteiger partial charge on any atom is 0.446 e. The van der Waals surface area contributed by atoms with Crippen LogP contribution in [0.3, 0.4) is 0 Å². The standard InChI is InChI=1S/C8H3F7OS/c9-3-1-2-4(10)6(17-8(13,14)15)5(3)16-7(11)12/h1-2,7H. The van der Waals surface area contributed by atoms with Crippen LogP contribution in [0.15, 0.2) is 17.0 Å². The molecule has 0 saturated heterocycles. The first-order valence-corrected chi connectivity index (χ1v) is 4.71. The predicted octanol–water partition coefficient (Wildman–Crippen LogP) is 4.18. The number of ether oxygens (including phenoxy) is 1. The van der Waals surface area contributed by atoms with Gasteiger partial charge >= 0.3 is 12.1 Å². The van der Waals surface area contributed by atoms with Crippen molar-refractivity contribution in [1.82, 2.24) is 0 Å². The number of thioether (sulfide) groups is 1. The molecule has 0 unspecified atom stereocenters. The highest BCUT2D eigenvalue weighted by atomic mass is 32.2. The van der Waals surface area contributed by atoms with E-state index in [0.717, 1.165) is 0 Å². The molecule has 96 valence electrons. The van der Waals surface area contributed by atoms with Crippen molar-refractivity contribution in [2.75, 3.05) is 0 Å². The van der Waals surface area contributed by atoms with Crippen LogP contribution in [0.25, 0.3) is 0 Å². The summed E-state index contributed by atoms with van der Waals surface area (Å²) in [6.07, 6.45) is 0. The van der Waals surface area contributed by atoms with Gasteiger partial charge in [-0.1, -0.05) is 0 Å². The van der Waals surface area contributed by atoms with Gasteiger partial charge in [0.1, 0.15) is 5.82 Å². The van der Waals surface area contributed by atoms with Crippen LogP contribution in [-0.4, -0.2) is 12.1 Å². The molecule has 1 nitrogen and oxygen atoms in total. The zero-order valence-corrected chi connectivity index (χ0v) is 8.51. The summed E-state index contributed by atoms with van der Waals surface area (Å²) >= 11 is -1.06. The molecule has 0 N–H and O–H groups in total. The number of alkyl halides is 5. The topological polar surface area (TPSA) is 9.23 Å². The molecule has 0 aromatic heterocycles. The number of rotatable bonds is 3. The van der Waals surface area contributed by atoms with Crippen molar-refractivity contribution in [3.05, 3.63) is 23.8 Å². The summed E-state index contributed by atoms with van der Waals surface area (Å²) in [5.74, 6) is -4.45. The van der Waals surface area contributed by atoms with Crippen molar-refractivity contribution in [3.63, 3.8) is 0 Å². The van der Waals surface area contributed by atoms with Crippen LogP contribution in [0.4, 0.5) is 30.7 Å². The second-order valence-corrected chi connectivity index (χ2v) is 3.69. The number of hydrogen-bond acceptors (Lipinski definition) is 2. The normalized spacial score (nSPS) is 12.0. The van der Waals surface area contributed by atoms with Crippen LogP contribution in [0.5, 0.6) is 5.75 Å². The fraction of sp³-hybridized carbons (Fsp3) is 0.250. The Morgan fingerprint density at radius 2 is 1.59 bits per heavy atom. The lowest BCUT2D eigenvalue weighted by atomic mass is 10.3. The minimum Gasteiger partial charge on any atom is -0.430 e. The Bertz CT molecular complexity index is 404. The third kappa shape index (κ3) is 3.99. The van der Waals surface area contributed by atoms with Gasteiger partial charge in [0.2, 0.25) is 0 Å². The lowest BCUT2D eigenvalue weighted by molar-refractivity contribution is -0.0555. The smallest absolute Gasteiger partial charge is 0.430 e. The van der Waals surface area contributed by atoms with Gasteiger partial charge in [-0.2, -0.15) is 22.0 Å². The van der Waals surface area contributed by atoms with Crippen LogP contribution < -0.4 is 4.74 Å². The summed E-state index contributed by atoms with van der Waals surface area (Å²) in [5.41, 5.74) is -4.95. The molecule has 17 heavy (non-hydrogen) atoms. The minimum absolute atomic E-state index is 0.391. The molecule has 0 aliphatic carbocycles. The van der Waals surface area contributed by atoms with Gasteiger partial charge in [-0.3, -0.25) is 0 Å². The minimum atomic E-state index is -4.95. The van der Waals surface area contributed by atoms with Crippen molar-refractivity contribution < 1.29 is 35.5 Å². The quantitative estimate of drug-likeness (QED) is 0.607. The first-order valence-electron chi connectivity index (χ1n) is 3.89. The fourth-order valence-corrected chi connectivity index (χ4v) is 1.56. The summed E-state index contributed by atoms with van der Waals surface area (Å²) in [7, 11) is 0. The van der Waals surface area contributed by atoms with Crippen molar-refractivity contribution in [1.29, 1.82) is 0 Å². The van der Waals surface area contributed by atoms with Crippen molar-refractivity contribution >= 4 is 11.8 Å². The second-order valence-electron chi connectivity index (χ2n) is 2.61. The zero-order chi connectivity index (χ0) is 13.2. The molecule has 1 aromatic carbocycles. The Morgan fingerprint density at radius 1 is 1.06 bits per heavy atom. The van der Waals surface area contributed by atoms with E-state index in [1.54, 1.807) is 0 Å². The summed E-state index contributed by atoms with van der Waals surface area (Å²) in [6.45, 7) is -3.56. The van der Waals surface area contributed by atoms with Crippen molar-refractivity contribution in [2.45, 2.75) is 17.0 Å². The molecule has 0 atom stereocenters. The van der Waals surface area contributed by atoms with Gasteiger partial charge in [0.15, 0.2) is 11.6 Å². The Hall–Kier alpha value is -1.12. The fourth-order valence-electron chi connectivity index (χ4n) is 0.924. The average molecular weight is 280 g/mol. The van der Waals surface area contributed by atoms with Gasteiger partial charge in [0.25, 0.3) is 0 Å². The Kier molecular flexibility index (Phi) is 4.12. The monoisotopic (exact) mass is 280 g/mol. The number of halogens is 7. The molecular formula is C8H3F7OS. The van der Waals surface area contributed by atoms with Gasteiger partial charge in [-0.15, -0.1) is 0 Å². The van der Waals surface area contributed by atoms with E-state index in [9.17, 15) is 30.7 Å². The van der Waals surface area contributed by atoms with E-state index in [2.05, 4.69) is 4.74 Å². The molecule has 0 bridgehead atoms. The van der Waals surface area contributed by atoms with Crippen LogP contribution in [0, 0.1) is 11.6 Å². The third-order valence-electron chi connectivity index (χ3n) is 1.44. The molecule has 0 aliphatic rings. The molecule has 0 fully saturated rings. The molecule has 0 aliphatic heterocycles. The first kappa shape index (κ1) is 13.9. The highest BCUT2D eigenvalue weighted by molar-refractivity contribution is 8.00. The molecule has 0 saturated carbocycles. The maximum absolute atomic E-state index is 13.0. The zero-order valence-electron chi connectivity index (χ0n) is 7.69. The van der Waals surface area contributed by atoms with Gasteiger partial charge < -0.3 is 4.74 Å². The summed E-state index contributed by atoms with van der Waals surface area (Å²) in [4.78, 5) is -1.36. The van der Waals surface area contributed by atoms with Gasteiger partial charge in [-0.05, 0) is 23.9 Å². The average Bonchev–Trinajstić information content (AvgIpc) is 2.15. The third-order valence-corrected chi connectivity index (χ3v) is 2.26. The molecule has 1 aromatic rings. The van der Waals surface area contributed by atoms with Gasteiger partial charge in [-0.25, -0.2) is 8.78 Å². The second kappa shape index (κ2) is 5.03. The van der Waals surface area contributed by atoms with E-state index < -0.39 is 46.2 Å². The highest BCUT2D eigenvalue weighted by Gasteiger charge is 2.34. The maximum atomic E-state index is 13.0. The van der Waals surface area contributed by atoms with E-state index in [-0.39, 0.29) is 0 Å². The van der Waals surface area contributed by atoms with Crippen molar-refractivity contribution in [2.24, 2.45) is 0 Å². The van der Waals surface area contributed by atoms with Gasteiger partial charge in [0, 0.05) is 0 Å². The molecule has 0 heterocycles. The van der Waals surface area contributed by atoms with Crippen molar-refractivity contribution in [3.8, 4) is 5.75 Å². The van der Waals surface area contributed by atoms with E-state index in [4.69, 9.17) is 0 Å². The van der Waals surface area contributed by atoms with Crippen LogP contribution in [0.1, 0.15) is 0 Å². The molecular weight excluding hydrogens is 277 g/mol. The summed E-state index contributed by atoms with van der Waals surface area (Å²) < 4.78 is 89.2. The largest absolute Gasteiger partial charge is 0.446 e. The van der Waals surface area contributed by atoms with Crippen LogP contribution in [-0.2, 0) is 0 Å². The summed E-state index contributed by atoms with van der Waals surface area (Å²) in [5, 5.41) is 0. The molecule has 0 spiro atoms. The Balaban J connectivity index is 3.20. The SMILES string of the molecule is Fc1ccc(F)c(SC(F)(F)F)c1OC(F)F. The molecule has 0 amide bonds. The summed E-state index contributed by atoms with van der Waals surface area (Å²) in [6, 6.07) is 0.787. The number of hydrogen-bond donors (Lipinski definition) is 0. The van der Waals surface area contributed by atoms with E-state index in [1.165, 1.54) is 0 Å². The highest BCUT2D eigenvalue weighted by Crippen LogP contribution is 2.44. The number of benzene rings is 1. The van der Waals surface area contributed by atoms with E-state index in [0.29, 0.717) is 12.1 Å². The van der Waals surface area contributed by atoms with Crippen LogP contribution in [0.2, 0.25) is 0 Å². The lowest BCUT2D eigenvalue weighted by Crippen LogP contribution is -2.08. The first-order chi connectivity index (χ1) is 7.70. The van der Waals surface area contributed by atoms with Crippen LogP contribution >= 0.6 is 11.8 Å². The predicted molar refractivity (Wildman–Crippen MR) is 44.9 cm³/mol. The molecule has 1 rings (SSSR count). The lowest BCUT2D eigenvalue weighted by Gasteiger charge is -2.13. The molecule has 9 heteroatoms. The van der Waals surface area contributed by atoms with Gasteiger partial charge in [0.05, 0.1) is 4.90 Å².